The molecule has 28 heavy (non-hydrogen) atoms. The van der Waals surface area contributed by atoms with E-state index in [4.69, 9.17) is 16.3 Å². The number of aliphatic hydroxyl groups excluding tert-OH is 1. The van der Waals surface area contributed by atoms with Crippen molar-refractivity contribution in [1.29, 1.82) is 0 Å². The molecular formula is C21H24ClNO4S. The molecule has 1 heterocycles. The molecule has 5 nitrogen and oxygen atoms in total. The lowest BCUT2D eigenvalue weighted by molar-refractivity contribution is 0.0798. The van der Waals surface area contributed by atoms with Gasteiger partial charge in [-0.25, -0.2) is 8.42 Å². The Morgan fingerprint density at radius 3 is 2.39 bits per heavy atom. The van der Waals surface area contributed by atoms with Crippen molar-refractivity contribution in [2.45, 2.75) is 43.5 Å². The highest BCUT2D eigenvalue weighted by molar-refractivity contribution is 7.90. The van der Waals surface area contributed by atoms with E-state index in [-0.39, 0.29) is 18.4 Å². The average molecular weight is 422 g/mol. The topological polar surface area (TPSA) is 76.0 Å². The predicted octanol–water partition coefficient (Wildman–Crippen LogP) is 4.47. The zero-order chi connectivity index (χ0) is 20.4. The van der Waals surface area contributed by atoms with Crippen LogP contribution >= 0.6 is 11.6 Å². The Morgan fingerprint density at radius 1 is 1.14 bits per heavy atom. The highest BCUT2D eigenvalue weighted by atomic mass is 35.5. The normalized spacial score (nSPS) is 21.4. The third-order valence-corrected chi connectivity index (χ3v) is 7.12. The van der Waals surface area contributed by atoms with Crippen molar-refractivity contribution in [2.75, 3.05) is 6.61 Å². The highest BCUT2D eigenvalue weighted by Gasteiger charge is 2.48. The van der Waals surface area contributed by atoms with Crippen LogP contribution in [-0.2, 0) is 14.8 Å². The molecular weight excluding hydrogens is 398 g/mol. The van der Waals surface area contributed by atoms with Gasteiger partial charge in [-0.05, 0) is 43.4 Å². The number of aliphatic hydroxyl groups is 1. The van der Waals surface area contributed by atoms with Gasteiger partial charge in [-0.1, -0.05) is 60.1 Å². The van der Waals surface area contributed by atoms with E-state index in [1.54, 1.807) is 38.1 Å². The maximum Gasteiger partial charge on any atom is 0.267 e. The summed E-state index contributed by atoms with van der Waals surface area (Å²) < 4.78 is 36.2. The molecule has 0 fully saturated rings. The second kappa shape index (κ2) is 8.23. The second-order valence-electron chi connectivity index (χ2n) is 7.43. The van der Waals surface area contributed by atoms with Gasteiger partial charge in [0.25, 0.3) is 10.0 Å². The Hall–Kier alpha value is -1.89. The molecule has 0 bridgehead atoms. The van der Waals surface area contributed by atoms with Crippen molar-refractivity contribution in [2.24, 2.45) is 4.40 Å². The van der Waals surface area contributed by atoms with Crippen LogP contribution in [0.2, 0.25) is 5.02 Å². The standard InChI is InChI=1S/C21H24ClNO4S/c1-21(2)20(17-10-6-7-11-18(17)22)28(25,26)23-19(27-21)14-16(12-13-24)15-8-4-3-5-9-15/h3-11,16,20,24H,12-14H2,1-2H3/t16-,20?/m1/s1. The first-order valence-electron chi connectivity index (χ1n) is 9.16. The van der Waals surface area contributed by atoms with Gasteiger partial charge in [-0.2, -0.15) is 0 Å². The Balaban J connectivity index is 1.96. The van der Waals surface area contributed by atoms with Crippen LogP contribution in [0.1, 0.15) is 49.0 Å². The molecule has 0 spiro atoms. The van der Waals surface area contributed by atoms with Gasteiger partial charge in [-0.3, -0.25) is 0 Å². The molecule has 0 saturated carbocycles. The summed E-state index contributed by atoms with van der Waals surface area (Å²) in [6, 6.07) is 16.5. The zero-order valence-electron chi connectivity index (χ0n) is 15.9. The minimum Gasteiger partial charge on any atom is -0.472 e. The molecule has 2 atom stereocenters. The van der Waals surface area contributed by atoms with Crippen molar-refractivity contribution >= 4 is 27.5 Å². The number of benzene rings is 2. The van der Waals surface area contributed by atoms with Crippen molar-refractivity contribution in [3.05, 3.63) is 70.7 Å². The molecule has 7 heteroatoms. The van der Waals surface area contributed by atoms with Crippen LogP contribution in [0.15, 0.2) is 59.0 Å². The Morgan fingerprint density at radius 2 is 1.79 bits per heavy atom. The molecule has 0 saturated heterocycles. The van der Waals surface area contributed by atoms with Crippen LogP contribution in [0.5, 0.6) is 0 Å². The maximum atomic E-state index is 13.1. The molecule has 2 aromatic rings. The van der Waals surface area contributed by atoms with E-state index in [9.17, 15) is 13.5 Å². The Kier molecular flexibility index (Phi) is 6.12. The van der Waals surface area contributed by atoms with Gasteiger partial charge in [0.2, 0.25) is 5.90 Å². The molecule has 3 rings (SSSR count). The van der Waals surface area contributed by atoms with Gasteiger partial charge in [0, 0.05) is 18.1 Å². The van der Waals surface area contributed by atoms with E-state index in [1.165, 1.54) is 0 Å². The lowest BCUT2D eigenvalue weighted by atomic mass is 9.92. The monoisotopic (exact) mass is 421 g/mol. The van der Waals surface area contributed by atoms with Gasteiger partial charge >= 0.3 is 0 Å². The number of halogens is 1. The fourth-order valence-corrected chi connectivity index (χ4v) is 5.81. The van der Waals surface area contributed by atoms with E-state index >= 15 is 0 Å². The smallest absolute Gasteiger partial charge is 0.267 e. The number of hydrogen-bond acceptors (Lipinski definition) is 4. The Bertz CT molecular complexity index is 957. The lowest BCUT2D eigenvalue weighted by Gasteiger charge is -2.38. The lowest BCUT2D eigenvalue weighted by Crippen LogP contribution is -2.43. The third-order valence-electron chi connectivity index (χ3n) is 4.90. The minimum absolute atomic E-state index is 0.00870. The molecule has 150 valence electrons. The predicted molar refractivity (Wildman–Crippen MR) is 111 cm³/mol. The Labute approximate surface area is 171 Å². The van der Waals surface area contributed by atoms with Crippen molar-refractivity contribution in [1.82, 2.24) is 0 Å². The summed E-state index contributed by atoms with van der Waals surface area (Å²) in [5, 5.41) is 8.81. The van der Waals surface area contributed by atoms with E-state index in [2.05, 4.69) is 4.40 Å². The second-order valence-corrected chi connectivity index (χ2v) is 9.52. The molecule has 0 amide bonds. The van der Waals surface area contributed by atoms with E-state index in [0.29, 0.717) is 23.4 Å². The number of ether oxygens (including phenoxy) is 1. The van der Waals surface area contributed by atoms with Crippen LogP contribution in [0.4, 0.5) is 0 Å². The molecule has 1 aliphatic heterocycles. The minimum atomic E-state index is -3.88. The fraction of sp³-hybridized carbons (Fsp3) is 0.381. The molecule has 1 aliphatic rings. The van der Waals surface area contributed by atoms with Gasteiger partial charge in [0.15, 0.2) is 0 Å². The highest BCUT2D eigenvalue weighted by Crippen LogP contribution is 2.43. The van der Waals surface area contributed by atoms with Crippen molar-refractivity contribution in [3.8, 4) is 0 Å². The van der Waals surface area contributed by atoms with Crippen LogP contribution in [0.25, 0.3) is 0 Å². The van der Waals surface area contributed by atoms with E-state index < -0.39 is 20.9 Å². The molecule has 0 aliphatic carbocycles. The number of nitrogens with zero attached hydrogens (tertiary/aromatic N) is 1. The van der Waals surface area contributed by atoms with Crippen LogP contribution in [0.3, 0.4) is 0 Å². The first kappa shape index (κ1) is 20.8. The van der Waals surface area contributed by atoms with Crippen molar-refractivity contribution < 1.29 is 18.3 Å². The van der Waals surface area contributed by atoms with Crippen LogP contribution < -0.4 is 0 Å². The van der Waals surface area contributed by atoms with Gasteiger partial charge in [0.1, 0.15) is 10.9 Å². The van der Waals surface area contributed by atoms with Gasteiger partial charge in [0.05, 0.1) is 0 Å². The molecule has 0 aromatic heterocycles. The SMILES string of the molecule is CC1(C)OC(C[C@@H](CCO)c2ccccc2)=NS(=O)(=O)C1c1ccccc1Cl. The van der Waals surface area contributed by atoms with Gasteiger partial charge in [-0.15, -0.1) is 4.40 Å². The van der Waals surface area contributed by atoms with Crippen LogP contribution in [-0.4, -0.2) is 31.6 Å². The molecule has 0 radical (unpaired) electrons. The first-order valence-corrected chi connectivity index (χ1v) is 11.0. The fourth-order valence-electron chi connectivity index (χ4n) is 3.71. The quantitative estimate of drug-likeness (QED) is 0.746. The largest absolute Gasteiger partial charge is 0.472 e. The summed E-state index contributed by atoms with van der Waals surface area (Å²) in [4.78, 5) is 0. The summed E-state index contributed by atoms with van der Waals surface area (Å²) in [7, 11) is -3.88. The number of rotatable bonds is 6. The van der Waals surface area contributed by atoms with Crippen LogP contribution in [0, 0.1) is 0 Å². The van der Waals surface area contributed by atoms with Crippen molar-refractivity contribution in [3.63, 3.8) is 0 Å². The first-order chi connectivity index (χ1) is 13.2. The average Bonchev–Trinajstić information content (AvgIpc) is 2.62. The number of sulfonamides is 1. The summed E-state index contributed by atoms with van der Waals surface area (Å²) in [6.45, 7) is 3.46. The maximum absolute atomic E-state index is 13.1. The summed E-state index contributed by atoms with van der Waals surface area (Å²) in [5.41, 5.74) is 0.444. The van der Waals surface area contributed by atoms with Gasteiger partial charge < -0.3 is 9.84 Å². The zero-order valence-corrected chi connectivity index (χ0v) is 17.4. The number of hydrogen-bond donors (Lipinski definition) is 1. The third kappa shape index (κ3) is 4.40. The summed E-state index contributed by atoms with van der Waals surface area (Å²) in [6.07, 6.45) is 0.781. The summed E-state index contributed by atoms with van der Waals surface area (Å²) >= 11 is 6.26. The van der Waals surface area contributed by atoms with E-state index in [1.807, 2.05) is 30.3 Å². The molecule has 1 N–H and O–H groups in total. The summed E-state index contributed by atoms with van der Waals surface area (Å²) in [5.74, 6) is 0.0726. The molecule has 2 aromatic carbocycles. The molecule has 1 unspecified atom stereocenters. The van der Waals surface area contributed by atoms with E-state index in [0.717, 1.165) is 5.56 Å².